The lowest BCUT2D eigenvalue weighted by molar-refractivity contribution is 0.118. The van der Waals surface area contributed by atoms with E-state index in [1.807, 2.05) is 0 Å². The molecule has 3 N–H and O–H groups in total. The van der Waals surface area contributed by atoms with Crippen molar-refractivity contribution in [2.24, 2.45) is 17.6 Å². The van der Waals surface area contributed by atoms with E-state index in [1.54, 1.807) is 0 Å². The van der Waals surface area contributed by atoms with E-state index >= 15 is 0 Å². The molecule has 16 heavy (non-hydrogen) atoms. The summed E-state index contributed by atoms with van der Waals surface area (Å²) < 4.78 is 0. The molecule has 0 aromatic rings. The summed E-state index contributed by atoms with van der Waals surface area (Å²) in [6.07, 6.45) is 4.13. The number of piperidine rings is 1. The molecular weight excluding hydrogens is 198 g/mol. The van der Waals surface area contributed by atoms with Gasteiger partial charge in [0.25, 0.3) is 0 Å². The van der Waals surface area contributed by atoms with Gasteiger partial charge in [-0.15, -0.1) is 0 Å². The van der Waals surface area contributed by atoms with Crippen LogP contribution in [0.4, 0.5) is 0 Å². The van der Waals surface area contributed by atoms with Gasteiger partial charge in [0, 0.05) is 38.3 Å². The molecule has 3 nitrogen and oxygen atoms in total. The second kappa shape index (κ2) is 5.48. The zero-order valence-electron chi connectivity index (χ0n) is 10.8. The van der Waals surface area contributed by atoms with Crippen LogP contribution < -0.4 is 11.1 Å². The van der Waals surface area contributed by atoms with Gasteiger partial charge in [-0.3, -0.25) is 0 Å². The highest BCUT2D eigenvalue weighted by atomic mass is 15.2. The quantitative estimate of drug-likeness (QED) is 0.735. The van der Waals surface area contributed by atoms with E-state index in [0.29, 0.717) is 6.04 Å². The Bertz CT molecular complexity index is 213. The van der Waals surface area contributed by atoms with Gasteiger partial charge in [-0.1, -0.05) is 13.8 Å². The number of likely N-dealkylation sites (tertiary alicyclic amines) is 1. The predicted molar refractivity (Wildman–Crippen MR) is 68.4 cm³/mol. The fraction of sp³-hybridized carbons (Fsp3) is 1.00. The van der Waals surface area contributed by atoms with Gasteiger partial charge in [0.2, 0.25) is 0 Å². The maximum absolute atomic E-state index is 5.68. The lowest BCUT2D eigenvalue weighted by Crippen LogP contribution is -2.51. The highest BCUT2D eigenvalue weighted by Gasteiger charge is 2.32. The van der Waals surface area contributed by atoms with E-state index in [1.165, 1.54) is 32.4 Å². The molecule has 2 aliphatic rings. The molecule has 0 aromatic carbocycles. The van der Waals surface area contributed by atoms with Crippen LogP contribution in [0.15, 0.2) is 0 Å². The van der Waals surface area contributed by atoms with Crippen molar-refractivity contribution in [2.45, 2.75) is 45.2 Å². The van der Waals surface area contributed by atoms with Crippen LogP contribution in [0.1, 0.15) is 33.1 Å². The molecule has 2 fully saturated rings. The van der Waals surface area contributed by atoms with Crippen molar-refractivity contribution in [1.29, 1.82) is 0 Å². The van der Waals surface area contributed by atoms with Crippen molar-refractivity contribution in [2.75, 3.05) is 26.2 Å². The molecule has 1 saturated heterocycles. The highest BCUT2D eigenvalue weighted by molar-refractivity contribution is 4.90. The van der Waals surface area contributed by atoms with Crippen LogP contribution in [-0.2, 0) is 0 Å². The van der Waals surface area contributed by atoms with Gasteiger partial charge >= 0.3 is 0 Å². The van der Waals surface area contributed by atoms with Gasteiger partial charge in [0.1, 0.15) is 0 Å². The molecule has 2 rings (SSSR count). The van der Waals surface area contributed by atoms with E-state index in [-0.39, 0.29) is 0 Å². The van der Waals surface area contributed by atoms with Gasteiger partial charge in [-0.2, -0.15) is 0 Å². The molecule has 1 aliphatic heterocycles. The van der Waals surface area contributed by atoms with E-state index < -0.39 is 0 Å². The Morgan fingerprint density at radius 1 is 1.25 bits per heavy atom. The first-order valence-electron chi connectivity index (χ1n) is 6.87. The smallest absolute Gasteiger partial charge is 0.0200 e. The lowest BCUT2D eigenvalue weighted by Gasteiger charge is -2.40. The minimum absolute atomic E-state index is 0.709. The first kappa shape index (κ1) is 12.3. The van der Waals surface area contributed by atoms with Crippen LogP contribution >= 0.6 is 0 Å². The van der Waals surface area contributed by atoms with Crippen LogP contribution in [0.3, 0.4) is 0 Å². The summed E-state index contributed by atoms with van der Waals surface area (Å²) in [6, 6.07) is 1.54. The van der Waals surface area contributed by atoms with Crippen molar-refractivity contribution < 1.29 is 0 Å². The molecule has 94 valence electrons. The molecule has 0 bridgehead atoms. The van der Waals surface area contributed by atoms with Crippen LogP contribution in [-0.4, -0.2) is 43.2 Å². The number of nitrogens with two attached hydrogens (primary N) is 1. The van der Waals surface area contributed by atoms with Gasteiger partial charge in [0.05, 0.1) is 0 Å². The minimum atomic E-state index is 0.709. The summed E-state index contributed by atoms with van der Waals surface area (Å²) in [5.41, 5.74) is 5.68. The van der Waals surface area contributed by atoms with Crippen molar-refractivity contribution in [3.8, 4) is 0 Å². The Morgan fingerprint density at radius 2 is 2.00 bits per heavy atom. The molecule has 2 unspecified atom stereocenters. The van der Waals surface area contributed by atoms with Gasteiger partial charge < -0.3 is 16.0 Å². The zero-order valence-corrected chi connectivity index (χ0v) is 10.8. The summed E-state index contributed by atoms with van der Waals surface area (Å²) in [6.45, 7) is 9.01. The predicted octanol–water partition coefficient (Wildman–Crippen LogP) is 1.04. The van der Waals surface area contributed by atoms with Gasteiger partial charge in [0.15, 0.2) is 0 Å². The maximum atomic E-state index is 5.68. The molecule has 0 spiro atoms. The Morgan fingerprint density at radius 3 is 2.56 bits per heavy atom. The molecule has 2 atom stereocenters. The molecule has 0 aromatic heterocycles. The first-order valence-corrected chi connectivity index (χ1v) is 6.87. The van der Waals surface area contributed by atoms with E-state index in [2.05, 4.69) is 24.1 Å². The van der Waals surface area contributed by atoms with Crippen molar-refractivity contribution in [3.63, 3.8) is 0 Å². The normalized spacial score (nSPS) is 32.2. The van der Waals surface area contributed by atoms with Crippen LogP contribution in [0.25, 0.3) is 0 Å². The van der Waals surface area contributed by atoms with E-state index in [9.17, 15) is 0 Å². The average Bonchev–Trinajstić information content (AvgIpc) is 3.01. The second-order valence-corrected chi connectivity index (χ2v) is 5.93. The largest absolute Gasteiger partial charge is 0.329 e. The maximum Gasteiger partial charge on any atom is 0.0200 e. The summed E-state index contributed by atoms with van der Waals surface area (Å²) in [5, 5.41) is 3.78. The number of nitrogens with zero attached hydrogens (tertiary/aromatic N) is 1. The average molecular weight is 225 g/mol. The fourth-order valence-electron chi connectivity index (χ4n) is 2.78. The van der Waals surface area contributed by atoms with Crippen LogP contribution in [0, 0.1) is 11.8 Å². The molecule has 3 heteroatoms. The molecule has 0 radical (unpaired) electrons. The van der Waals surface area contributed by atoms with Crippen molar-refractivity contribution >= 4 is 0 Å². The number of nitrogens with one attached hydrogen (secondary N) is 1. The summed E-state index contributed by atoms with van der Waals surface area (Å²) in [4.78, 5) is 2.55. The number of rotatable bonds is 5. The SMILES string of the molecule is CC(C)C1CC(NC2CC2)CN(CCN)C1. The minimum Gasteiger partial charge on any atom is -0.329 e. The second-order valence-electron chi connectivity index (χ2n) is 5.93. The molecule has 1 heterocycles. The van der Waals surface area contributed by atoms with Crippen molar-refractivity contribution in [3.05, 3.63) is 0 Å². The Balaban J connectivity index is 1.86. The van der Waals surface area contributed by atoms with Crippen molar-refractivity contribution in [1.82, 2.24) is 10.2 Å². The molecular formula is C13H27N3. The van der Waals surface area contributed by atoms with E-state index in [4.69, 9.17) is 5.73 Å². The Labute approximate surface area is 99.8 Å². The fourth-order valence-corrected chi connectivity index (χ4v) is 2.78. The third kappa shape index (κ3) is 3.44. The number of hydrogen-bond donors (Lipinski definition) is 2. The summed E-state index contributed by atoms with van der Waals surface area (Å²) >= 11 is 0. The van der Waals surface area contributed by atoms with Gasteiger partial charge in [-0.25, -0.2) is 0 Å². The lowest BCUT2D eigenvalue weighted by atomic mass is 9.85. The van der Waals surface area contributed by atoms with Crippen LogP contribution in [0.5, 0.6) is 0 Å². The zero-order chi connectivity index (χ0) is 11.5. The third-order valence-corrected chi connectivity index (χ3v) is 4.00. The monoisotopic (exact) mass is 225 g/mol. The number of hydrogen-bond acceptors (Lipinski definition) is 3. The Hall–Kier alpha value is -0.120. The molecule has 1 aliphatic carbocycles. The topological polar surface area (TPSA) is 41.3 Å². The Kier molecular flexibility index (Phi) is 4.22. The van der Waals surface area contributed by atoms with E-state index in [0.717, 1.165) is 31.0 Å². The van der Waals surface area contributed by atoms with Gasteiger partial charge in [-0.05, 0) is 31.1 Å². The van der Waals surface area contributed by atoms with Crippen LogP contribution in [0.2, 0.25) is 0 Å². The molecule has 0 amide bonds. The first-order chi connectivity index (χ1) is 7.69. The summed E-state index contributed by atoms with van der Waals surface area (Å²) in [7, 11) is 0. The molecule has 1 saturated carbocycles. The highest BCUT2D eigenvalue weighted by Crippen LogP contribution is 2.27. The summed E-state index contributed by atoms with van der Waals surface area (Å²) in [5.74, 6) is 1.64. The standard InChI is InChI=1S/C13H27N3/c1-10(2)11-7-13(15-12-3-4-12)9-16(8-11)6-5-14/h10-13,15H,3-9,14H2,1-2H3. The third-order valence-electron chi connectivity index (χ3n) is 4.00.